The molecule has 1 amide bonds. The van der Waals surface area contributed by atoms with Gasteiger partial charge in [-0.3, -0.25) is 4.79 Å². The van der Waals surface area contributed by atoms with Crippen molar-refractivity contribution in [3.8, 4) is 5.75 Å². The first-order chi connectivity index (χ1) is 13.7. The molecule has 29 heavy (non-hydrogen) atoms. The third-order valence-electron chi connectivity index (χ3n) is 5.02. The first kappa shape index (κ1) is 21.6. The lowest BCUT2D eigenvalue weighted by Crippen LogP contribution is -2.46. The fraction of sp³-hybridized carbons (Fsp3) is 0.381. The summed E-state index contributed by atoms with van der Waals surface area (Å²) in [7, 11) is -3.21. The number of hydrogen-bond acceptors (Lipinski definition) is 4. The van der Waals surface area contributed by atoms with Crippen LogP contribution in [0.15, 0.2) is 42.5 Å². The molecule has 156 valence electrons. The van der Waals surface area contributed by atoms with E-state index in [1.807, 2.05) is 6.92 Å². The summed E-state index contributed by atoms with van der Waals surface area (Å²) in [6.45, 7) is 3.42. The van der Waals surface area contributed by atoms with E-state index in [-0.39, 0.29) is 24.0 Å². The topological polar surface area (TPSA) is 63.7 Å². The molecule has 0 bridgehead atoms. The number of sulfone groups is 1. The zero-order chi connectivity index (χ0) is 21.2. The van der Waals surface area contributed by atoms with E-state index in [1.54, 1.807) is 43.3 Å². The minimum atomic E-state index is -3.21. The van der Waals surface area contributed by atoms with Gasteiger partial charge in [-0.2, -0.15) is 0 Å². The van der Waals surface area contributed by atoms with Gasteiger partial charge in [0.2, 0.25) is 0 Å². The standard InChI is InChI=1S/C21H23ClFNO4S/c1-14-11-18(7-8-19(14)22)28-15(2)21(25)24(17-9-10-29(26,27)13-17)12-16-5-3-4-6-20(16)23/h3-8,11,15,17H,9-10,12-13H2,1-2H3. The second-order valence-electron chi connectivity index (χ2n) is 7.29. The minimum Gasteiger partial charge on any atom is -0.481 e. The van der Waals surface area contributed by atoms with Crippen LogP contribution >= 0.6 is 11.6 Å². The Bertz CT molecular complexity index is 1010. The molecule has 0 saturated carbocycles. The van der Waals surface area contributed by atoms with Gasteiger partial charge < -0.3 is 9.64 Å². The van der Waals surface area contributed by atoms with Crippen molar-refractivity contribution in [1.82, 2.24) is 4.90 Å². The summed E-state index contributed by atoms with van der Waals surface area (Å²) in [6.07, 6.45) is -0.541. The predicted octanol–water partition coefficient (Wildman–Crippen LogP) is 3.77. The summed E-state index contributed by atoms with van der Waals surface area (Å²) in [5, 5.41) is 0.591. The van der Waals surface area contributed by atoms with Gasteiger partial charge in [-0.1, -0.05) is 29.8 Å². The number of benzene rings is 2. The third-order valence-corrected chi connectivity index (χ3v) is 7.20. The van der Waals surface area contributed by atoms with Crippen LogP contribution in [0.4, 0.5) is 4.39 Å². The lowest BCUT2D eigenvalue weighted by atomic mass is 10.1. The van der Waals surface area contributed by atoms with Gasteiger partial charge in [0.05, 0.1) is 11.5 Å². The summed E-state index contributed by atoms with van der Waals surface area (Å²) in [5.41, 5.74) is 1.15. The van der Waals surface area contributed by atoms with Crippen molar-refractivity contribution in [1.29, 1.82) is 0 Å². The highest BCUT2D eigenvalue weighted by Crippen LogP contribution is 2.25. The van der Waals surface area contributed by atoms with E-state index in [9.17, 15) is 17.6 Å². The molecule has 1 saturated heterocycles. The first-order valence-electron chi connectivity index (χ1n) is 9.33. The Kier molecular flexibility index (Phi) is 6.49. The maximum Gasteiger partial charge on any atom is 0.263 e. The molecule has 2 unspecified atom stereocenters. The molecule has 1 heterocycles. The molecule has 5 nitrogen and oxygen atoms in total. The average molecular weight is 440 g/mol. The van der Waals surface area contributed by atoms with Crippen LogP contribution in [0.3, 0.4) is 0 Å². The van der Waals surface area contributed by atoms with Crippen molar-refractivity contribution in [3.63, 3.8) is 0 Å². The van der Waals surface area contributed by atoms with Gasteiger partial charge in [-0.15, -0.1) is 0 Å². The lowest BCUT2D eigenvalue weighted by Gasteiger charge is -2.31. The summed E-state index contributed by atoms with van der Waals surface area (Å²) >= 11 is 6.03. The lowest BCUT2D eigenvalue weighted by molar-refractivity contribution is -0.140. The van der Waals surface area contributed by atoms with Gasteiger partial charge in [-0.25, -0.2) is 12.8 Å². The molecule has 0 N–H and O–H groups in total. The molecular formula is C21H23ClFNO4S. The molecular weight excluding hydrogens is 417 g/mol. The van der Waals surface area contributed by atoms with Crippen LogP contribution in [0.2, 0.25) is 5.02 Å². The van der Waals surface area contributed by atoms with Crippen LogP contribution in [0, 0.1) is 12.7 Å². The van der Waals surface area contributed by atoms with Crippen LogP contribution in [0.1, 0.15) is 24.5 Å². The van der Waals surface area contributed by atoms with Crippen LogP contribution in [0.25, 0.3) is 0 Å². The van der Waals surface area contributed by atoms with E-state index in [4.69, 9.17) is 16.3 Å². The highest BCUT2D eigenvalue weighted by atomic mass is 35.5. The Morgan fingerprint density at radius 1 is 1.31 bits per heavy atom. The second kappa shape index (κ2) is 8.71. The third kappa shape index (κ3) is 5.28. The van der Waals surface area contributed by atoms with Crippen LogP contribution < -0.4 is 4.74 Å². The Morgan fingerprint density at radius 2 is 2.03 bits per heavy atom. The number of ether oxygens (including phenoxy) is 1. The van der Waals surface area contributed by atoms with Crippen molar-refractivity contribution in [2.45, 2.75) is 39.0 Å². The number of halogens is 2. The number of rotatable bonds is 6. The largest absolute Gasteiger partial charge is 0.481 e. The molecule has 1 aliphatic rings. The Labute approximate surface area is 175 Å². The zero-order valence-corrected chi connectivity index (χ0v) is 17.8. The van der Waals surface area contributed by atoms with Gasteiger partial charge >= 0.3 is 0 Å². The highest BCUT2D eigenvalue weighted by molar-refractivity contribution is 7.91. The summed E-state index contributed by atoms with van der Waals surface area (Å²) in [4.78, 5) is 14.6. The highest BCUT2D eigenvalue weighted by Gasteiger charge is 2.37. The maximum atomic E-state index is 14.2. The zero-order valence-electron chi connectivity index (χ0n) is 16.3. The number of nitrogens with zero attached hydrogens (tertiary/aromatic N) is 1. The monoisotopic (exact) mass is 439 g/mol. The van der Waals surface area contributed by atoms with Crippen LogP contribution in [0.5, 0.6) is 5.75 Å². The number of aryl methyl sites for hydroxylation is 1. The van der Waals surface area contributed by atoms with Gasteiger partial charge in [0.15, 0.2) is 15.9 Å². The molecule has 3 rings (SSSR count). The van der Waals surface area contributed by atoms with Crippen molar-refractivity contribution >= 4 is 27.3 Å². The normalized spacial score (nSPS) is 19.0. The molecule has 1 fully saturated rings. The molecule has 0 radical (unpaired) electrons. The predicted molar refractivity (Wildman–Crippen MR) is 110 cm³/mol. The first-order valence-corrected chi connectivity index (χ1v) is 11.5. The van der Waals surface area contributed by atoms with Crippen molar-refractivity contribution in [2.24, 2.45) is 0 Å². The molecule has 2 aromatic rings. The summed E-state index contributed by atoms with van der Waals surface area (Å²) in [5.74, 6) is -0.446. The molecule has 2 aromatic carbocycles. The van der Waals surface area contributed by atoms with Gasteiger partial charge in [0.25, 0.3) is 5.91 Å². The quantitative estimate of drug-likeness (QED) is 0.687. The smallest absolute Gasteiger partial charge is 0.263 e. The Balaban J connectivity index is 1.82. The number of amides is 1. The number of carbonyl (C=O) groups is 1. The van der Waals surface area contributed by atoms with E-state index in [1.165, 1.54) is 11.0 Å². The summed E-state index contributed by atoms with van der Waals surface area (Å²) < 4.78 is 43.9. The summed E-state index contributed by atoms with van der Waals surface area (Å²) in [6, 6.07) is 10.7. The van der Waals surface area contributed by atoms with E-state index < -0.39 is 27.8 Å². The second-order valence-corrected chi connectivity index (χ2v) is 9.92. The van der Waals surface area contributed by atoms with E-state index in [0.29, 0.717) is 22.8 Å². The fourth-order valence-electron chi connectivity index (χ4n) is 3.40. The number of carbonyl (C=O) groups excluding carboxylic acids is 1. The van der Waals surface area contributed by atoms with Crippen molar-refractivity contribution < 1.29 is 22.3 Å². The SMILES string of the molecule is Cc1cc(OC(C)C(=O)N(Cc2ccccc2F)C2CCS(=O)(=O)C2)ccc1Cl. The number of hydrogen-bond donors (Lipinski definition) is 0. The molecule has 2 atom stereocenters. The van der Waals surface area contributed by atoms with Crippen LogP contribution in [-0.4, -0.2) is 42.9 Å². The van der Waals surface area contributed by atoms with Crippen molar-refractivity contribution in [3.05, 3.63) is 64.4 Å². The molecule has 0 spiro atoms. The van der Waals surface area contributed by atoms with Gasteiger partial charge in [0, 0.05) is 23.2 Å². The van der Waals surface area contributed by atoms with Gasteiger partial charge in [0.1, 0.15) is 11.6 Å². The molecule has 0 aromatic heterocycles. The fourth-order valence-corrected chi connectivity index (χ4v) is 5.25. The minimum absolute atomic E-state index is 0.0148. The molecule has 1 aliphatic heterocycles. The Hall–Kier alpha value is -2.12. The van der Waals surface area contributed by atoms with Crippen LogP contribution in [-0.2, 0) is 21.2 Å². The molecule has 0 aliphatic carbocycles. The van der Waals surface area contributed by atoms with Gasteiger partial charge in [-0.05, 0) is 50.1 Å². The van der Waals surface area contributed by atoms with E-state index >= 15 is 0 Å². The average Bonchev–Trinajstić information content (AvgIpc) is 3.03. The van der Waals surface area contributed by atoms with E-state index in [0.717, 1.165) is 5.56 Å². The van der Waals surface area contributed by atoms with E-state index in [2.05, 4.69) is 0 Å². The van der Waals surface area contributed by atoms with Crippen molar-refractivity contribution in [2.75, 3.05) is 11.5 Å². The molecule has 8 heteroatoms. The maximum absolute atomic E-state index is 14.2. The Morgan fingerprint density at radius 3 is 2.66 bits per heavy atom.